The van der Waals surface area contributed by atoms with E-state index >= 15 is 0 Å². The summed E-state index contributed by atoms with van der Waals surface area (Å²) in [6, 6.07) is 21.2. The Morgan fingerprint density at radius 1 is 0.933 bits per heavy atom. The summed E-state index contributed by atoms with van der Waals surface area (Å²) in [6.07, 6.45) is 0. The summed E-state index contributed by atoms with van der Waals surface area (Å²) in [6.45, 7) is 4.06. The molecule has 0 fully saturated rings. The molecule has 0 saturated carbocycles. The number of rotatable bonds is 2. The van der Waals surface area contributed by atoms with Crippen LogP contribution in [0.3, 0.4) is 0 Å². The first-order valence-electron chi connectivity index (χ1n) is 4.59. The van der Waals surface area contributed by atoms with Crippen LogP contribution in [0.4, 0.5) is 0 Å². The number of hydrogen-bond acceptors (Lipinski definition) is 0. The van der Waals surface area contributed by atoms with Crippen molar-refractivity contribution in [2.24, 2.45) is 0 Å². The van der Waals surface area contributed by atoms with E-state index in [1.165, 1.54) is 0 Å². The zero-order valence-electron chi connectivity index (χ0n) is 8.90. The Kier molecular flexibility index (Phi) is 4.43. The molecule has 2 aromatic carbocycles. The first-order valence-corrected chi connectivity index (χ1v) is 4.59. The van der Waals surface area contributed by atoms with Gasteiger partial charge in [0, 0.05) is 0 Å². The molecule has 0 heterocycles. The van der Waals surface area contributed by atoms with Crippen molar-refractivity contribution in [2.75, 3.05) is 0 Å². The van der Waals surface area contributed by atoms with Gasteiger partial charge in [0.25, 0.3) is 0 Å². The second-order valence-corrected chi connectivity index (χ2v) is 3.12. The molecule has 2 rings (SSSR count). The molecule has 2 aromatic rings. The predicted octanol–water partition coefficient (Wildman–Crippen LogP) is 0.552. The average molecular weight is 186 g/mol. The molecule has 0 N–H and O–H groups in total. The molecule has 0 aliphatic heterocycles. The smallest absolute Gasteiger partial charge is 0.147 e. The van der Waals surface area contributed by atoms with E-state index in [2.05, 4.69) is 24.8 Å². The van der Waals surface area contributed by atoms with Gasteiger partial charge in [-0.05, 0) is 0 Å². The monoisotopic (exact) mass is 186 g/mol. The molecule has 0 aliphatic carbocycles. The van der Waals surface area contributed by atoms with Gasteiger partial charge < -0.3 is 0 Å². The summed E-state index contributed by atoms with van der Waals surface area (Å²) < 4.78 is 0. The molecule has 0 aromatic heterocycles. The quantitative estimate of drug-likeness (QED) is 0.474. The Morgan fingerprint density at radius 2 is 1.60 bits per heavy atom. The van der Waals surface area contributed by atoms with E-state index in [0.717, 1.165) is 16.7 Å². The maximum atomic E-state index is 4.06. The molecule has 0 bridgehead atoms. The summed E-state index contributed by atoms with van der Waals surface area (Å²) in [5, 5.41) is 0. The van der Waals surface area contributed by atoms with Gasteiger partial charge in [-0.1, -0.05) is 41.5 Å². The topological polar surface area (TPSA) is 0 Å². The second kappa shape index (κ2) is 5.61. The van der Waals surface area contributed by atoms with E-state index in [0.29, 0.717) is 0 Å². The van der Waals surface area contributed by atoms with Gasteiger partial charge in [-0.25, -0.2) is 0 Å². The fourth-order valence-corrected chi connectivity index (χ4v) is 1.38. The average Bonchev–Trinajstić information content (AvgIpc) is 2.30. The maximum Gasteiger partial charge on any atom is 1.00 e. The minimum Gasteiger partial charge on any atom is -0.147 e. The Bertz CT molecular complexity index is 376. The molecule has 0 amide bonds. The van der Waals surface area contributed by atoms with E-state index in [1.807, 2.05) is 42.5 Å². The van der Waals surface area contributed by atoms with Crippen molar-refractivity contribution in [3.63, 3.8) is 0 Å². The predicted molar refractivity (Wildman–Crippen MR) is 59.9 cm³/mol. The minimum absolute atomic E-state index is 0. The number of hydrogen-bond donors (Lipinski definition) is 0. The summed E-state index contributed by atoms with van der Waals surface area (Å²) in [7, 11) is 0. The van der Waals surface area contributed by atoms with Gasteiger partial charge >= 0.3 is 18.9 Å². The molecule has 0 aliphatic rings. The van der Waals surface area contributed by atoms with Gasteiger partial charge in [0.15, 0.2) is 0 Å². The first-order chi connectivity index (χ1) is 6.88. The van der Waals surface area contributed by atoms with Gasteiger partial charge in [-0.2, -0.15) is 0 Å². The third-order valence-electron chi connectivity index (χ3n) is 2.16. The molecule has 0 atom stereocenters. The van der Waals surface area contributed by atoms with E-state index in [-0.39, 0.29) is 18.9 Å². The molecular weight excluding hydrogens is 175 g/mol. The summed E-state index contributed by atoms with van der Waals surface area (Å²) in [5.41, 5.74) is 3.22. The van der Waals surface area contributed by atoms with E-state index < -0.39 is 0 Å². The van der Waals surface area contributed by atoms with E-state index in [1.54, 1.807) is 0 Å². The van der Waals surface area contributed by atoms with Gasteiger partial charge in [0.1, 0.15) is 0 Å². The molecule has 0 radical (unpaired) electrons. The third-order valence-corrected chi connectivity index (χ3v) is 2.16. The van der Waals surface area contributed by atoms with Crippen LogP contribution in [0, 0.1) is 6.07 Å². The second-order valence-electron chi connectivity index (χ2n) is 3.12. The van der Waals surface area contributed by atoms with Crippen molar-refractivity contribution in [1.82, 2.24) is 0 Å². The van der Waals surface area contributed by atoms with Crippen LogP contribution in [-0.4, -0.2) is 0 Å². The maximum absolute atomic E-state index is 4.06. The molecule has 0 saturated heterocycles. The summed E-state index contributed by atoms with van der Waals surface area (Å²) >= 11 is 0. The Hall–Kier alpha value is -1.22. The largest absolute Gasteiger partial charge is 1.00 e. The standard InChI is InChI=1S/C14H11.Li/c1-12(13-8-4-2-5-9-13)14-10-6-3-7-11-14;/h2-10H,1H2;/q-1;+1. The molecular formula is C14H11Li. The van der Waals surface area contributed by atoms with Crippen LogP contribution in [0.2, 0.25) is 0 Å². The zero-order chi connectivity index (χ0) is 9.80. The molecule has 0 nitrogen and oxygen atoms in total. The first kappa shape index (κ1) is 11.8. The van der Waals surface area contributed by atoms with Crippen LogP contribution in [0.25, 0.3) is 5.57 Å². The van der Waals surface area contributed by atoms with Crippen LogP contribution >= 0.6 is 0 Å². The van der Waals surface area contributed by atoms with Crippen molar-refractivity contribution in [3.05, 3.63) is 78.4 Å². The molecule has 68 valence electrons. The fourth-order valence-electron chi connectivity index (χ4n) is 1.38. The summed E-state index contributed by atoms with van der Waals surface area (Å²) in [5.74, 6) is 0. The fraction of sp³-hybridized carbons (Fsp3) is 0. The third kappa shape index (κ3) is 2.86. The van der Waals surface area contributed by atoms with Crippen molar-refractivity contribution in [2.45, 2.75) is 0 Å². The Labute approximate surface area is 103 Å². The minimum atomic E-state index is 0. The van der Waals surface area contributed by atoms with Crippen LogP contribution in [-0.2, 0) is 0 Å². The molecule has 1 heteroatoms. The van der Waals surface area contributed by atoms with Gasteiger partial charge in [0.05, 0.1) is 0 Å². The Balaban J connectivity index is 0.00000112. The van der Waals surface area contributed by atoms with Crippen molar-refractivity contribution >= 4 is 5.57 Å². The SMILES string of the molecule is C=C(c1[c-]cccc1)c1ccccc1.[Li+]. The van der Waals surface area contributed by atoms with Crippen molar-refractivity contribution < 1.29 is 18.9 Å². The van der Waals surface area contributed by atoms with Crippen LogP contribution in [0.5, 0.6) is 0 Å². The van der Waals surface area contributed by atoms with Gasteiger partial charge in [0.2, 0.25) is 0 Å². The summed E-state index contributed by atoms with van der Waals surface area (Å²) in [4.78, 5) is 0. The van der Waals surface area contributed by atoms with Crippen molar-refractivity contribution in [1.29, 1.82) is 0 Å². The van der Waals surface area contributed by atoms with Gasteiger partial charge in [-0.3, -0.25) is 0 Å². The normalized spacial score (nSPS) is 9.07. The number of benzene rings is 2. The van der Waals surface area contributed by atoms with Crippen LogP contribution in [0.1, 0.15) is 11.1 Å². The van der Waals surface area contributed by atoms with Crippen LogP contribution < -0.4 is 18.9 Å². The van der Waals surface area contributed by atoms with Crippen LogP contribution in [0.15, 0.2) is 61.2 Å². The zero-order valence-corrected chi connectivity index (χ0v) is 8.90. The van der Waals surface area contributed by atoms with Gasteiger partial charge in [-0.15, -0.1) is 42.5 Å². The van der Waals surface area contributed by atoms with E-state index in [4.69, 9.17) is 0 Å². The van der Waals surface area contributed by atoms with Crippen molar-refractivity contribution in [3.8, 4) is 0 Å². The molecule has 0 spiro atoms. The molecule has 0 unspecified atom stereocenters. The molecule has 15 heavy (non-hydrogen) atoms. The van der Waals surface area contributed by atoms with E-state index in [9.17, 15) is 0 Å². The Morgan fingerprint density at radius 3 is 2.20 bits per heavy atom.